The summed E-state index contributed by atoms with van der Waals surface area (Å²) in [7, 11) is 0. The molecule has 0 aromatic heterocycles. The van der Waals surface area contributed by atoms with E-state index in [0.717, 1.165) is 18.1 Å². The summed E-state index contributed by atoms with van der Waals surface area (Å²) in [5.74, 6) is 1.27. The molecular weight excluding hydrogens is 186 g/mol. The Morgan fingerprint density at radius 2 is 2.07 bits per heavy atom. The van der Waals surface area contributed by atoms with E-state index in [1.165, 1.54) is 19.3 Å². The maximum absolute atomic E-state index is 9.06. The normalized spacial score (nSPS) is 43.6. The molecule has 0 spiro atoms. The molecule has 15 heavy (non-hydrogen) atoms. The predicted molar refractivity (Wildman–Crippen MR) is 62.2 cm³/mol. The van der Waals surface area contributed by atoms with Gasteiger partial charge in [0.1, 0.15) is 0 Å². The fourth-order valence-corrected chi connectivity index (χ4v) is 4.06. The Morgan fingerprint density at radius 1 is 1.40 bits per heavy atom. The molecule has 2 fully saturated rings. The fraction of sp³-hybridized carbons (Fsp3) is 0.923. The van der Waals surface area contributed by atoms with Crippen LogP contribution in [0.1, 0.15) is 53.4 Å². The topological polar surface area (TPSA) is 32.6 Å². The molecule has 2 aliphatic carbocycles. The fourth-order valence-electron chi connectivity index (χ4n) is 4.06. The van der Waals surface area contributed by atoms with Crippen LogP contribution in [0.4, 0.5) is 0 Å². The molecule has 0 saturated heterocycles. The first-order valence-electron chi connectivity index (χ1n) is 6.17. The minimum atomic E-state index is 0.419. The molecule has 2 aliphatic rings. The van der Waals surface area contributed by atoms with E-state index in [-0.39, 0.29) is 0 Å². The van der Waals surface area contributed by atoms with Crippen molar-refractivity contribution in [2.75, 3.05) is 0 Å². The van der Waals surface area contributed by atoms with Crippen molar-refractivity contribution in [3.63, 3.8) is 0 Å². The number of nitrogens with zero attached hydrogens (tertiary/aromatic N) is 1. The first kappa shape index (κ1) is 11.0. The largest absolute Gasteiger partial charge is 0.411 e. The van der Waals surface area contributed by atoms with Gasteiger partial charge in [0.2, 0.25) is 0 Å². The van der Waals surface area contributed by atoms with Crippen molar-refractivity contribution in [3.8, 4) is 0 Å². The average molecular weight is 209 g/mol. The summed E-state index contributed by atoms with van der Waals surface area (Å²) in [6, 6.07) is 0. The second kappa shape index (κ2) is 3.23. The highest BCUT2D eigenvalue weighted by atomic mass is 16.4. The lowest BCUT2D eigenvalue weighted by molar-refractivity contribution is 0.152. The van der Waals surface area contributed by atoms with Crippen molar-refractivity contribution >= 4 is 5.71 Å². The van der Waals surface area contributed by atoms with E-state index < -0.39 is 0 Å². The van der Waals surface area contributed by atoms with Gasteiger partial charge in [-0.2, -0.15) is 0 Å². The Balaban J connectivity index is 2.29. The molecule has 2 heteroatoms. The molecule has 0 heterocycles. The van der Waals surface area contributed by atoms with Gasteiger partial charge in [-0.3, -0.25) is 0 Å². The highest BCUT2D eigenvalue weighted by molar-refractivity contribution is 5.87. The van der Waals surface area contributed by atoms with Crippen LogP contribution >= 0.6 is 0 Å². The van der Waals surface area contributed by atoms with Gasteiger partial charge in [0.05, 0.1) is 5.71 Å². The van der Waals surface area contributed by atoms with E-state index >= 15 is 0 Å². The molecule has 1 N–H and O–H groups in total. The maximum atomic E-state index is 9.06. The standard InChI is InChI=1S/C13H23NO/c1-5-11(14-15)9-8-13(4)7-6-10(9)12(13,2)3/h9-10,15H,5-8H2,1-4H3/t9-,10+,13-/m1/s1. The minimum Gasteiger partial charge on any atom is -0.411 e. The number of hydrogen-bond acceptors (Lipinski definition) is 2. The second-order valence-corrected chi connectivity index (χ2v) is 6.18. The summed E-state index contributed by atoms with van der Waals surface area (Å²) < 4.78 is 0. The van der Waals surface area contributed by atoms with Gasteiger partial charge in [0.25, 0.3) is 0 Å². The van der Waals surface area contributed by atoms with Crippen LogP contribution in [0.25, 0.3) is 0 Å². The van der Waals surface area contributed by atoms with Gasteiger partial charge in [-0.25, -0.2) is 0 Å². The summed E-state index contributed by atoms with van der Waals surface area (Å²) in [6.07, 6.45) is 4.78. The number of fused-ring (bicyclic) bond motifs is 2. The molecule has 0 aromatic carbocycles. The van der Waals surface area contributed by atoms with Crippen LogP contribution in [0.3, 0.4) is 0 Å². The van der Waals surface area contributed by atoms with Crippen LogP contribution in [0, 0.1) is 22.7 Å². The Hall–Kier alpha value is -0.530. The molecule has 0 amide bonds. The van der Waals surface area contributed by atoms with Crippen LogP contribution in [0.2, 0.25) is 0 Å². The quantitative estimate of drug-likeness (QED) is 0.420. The van der Waals surface area contributed by atoms with E-state index in [1.807, 2.05) is 0 Å². The second-order valence-electron chi connectivity index (χ2n) is 6.18. The van der Waals surface area contributed by atoms with Gasteiger partial charge in [0, 0.05) is 5.92 Å². The van der Waals surface area contributed by atoms with Crippen LogP contribution in [0.15, 0.2) is 5.16 Å². The van der Waals surface area contributed by atoms with Gasteiger partial charge >= 0.3 is 0 Å². The summed E-state index contributed by atoms with van der Waals surface area (Å²) in [4.78, 5) is 0. The first-order chi connectivity index (χ1) is 6.96. The third-order valence-corrected chi connectivity index (χ3v) is 5.56. The zero-order valence-corrected chi connectivity index (χ0v) is 10.4. The van der Waals surface area contributed by atoms with Crippen molar-refractivity contribution in [1.82, 2.24) is 0 Å². The van der Waals surface area contributed by atoms with E-state index in [0.29, 0.717) is 16.7 Å². The Labute approximate surface area is 92.8 Å². The molecule has 0 radical (unpaired) electrons. The summed E-state index contributed by atoms with van der Waals surface area (Å²) in [6.45, 7) is 9.30. The molecule has 2 nitrogen and oxygen atoms in total. The molecule has 0 aromatic rings. The van der Waals surface area contributed by atoms with E-state index in [9.17, 15) is 0 Å². The molecule has 2 bridgehead atoms. The predicted octanol–water partition coefficient (Wildman–Crippen LogP) is 3.69. The zero-order valence-electron chi connectivity index (χ0n) is 10.4. The highest BCUT2D eigenvalue weighted by Crippen LogP contribution is 2.67. The highest BCUT2D eigenvalue weighted by Gasteiger charge is 2.61. The van der Waals surface area contributed by atoms with Gasteiger partial charge in [-0.1, -0.05) is 32.9 Å². The smallest absolute Gasteiger partial charge is 0.0602 e. The Kier molecular flexibility index (Phi) is 2.36. The monoisotopic (exact) mass is 209 g/mol. The Bertz CT molecular complexity index is 292. The molecule has 2 rings (SSSR count). The van der Waals surface area contributed by atoms with Crippen molar-refractivity contribution in [2.24, 2.45) is 27.8 Å². The SMILES string of the molecule is CCC(=NO)[C@@H]1C[C@@]2(C)CC[C@@H]1C2(C)C. The molecule has 2 saturated carbocycles. The summed E-state index contributed by atoms with van der Waals surface area (Å²) in [5, 5.41) is 12.6. The van der Waals surface area contributed by atoms with E-state index in [2.05, 4.69) is 32.9 Å². The molecular formula is C13H23NO. The summed E-state index contributed by atoms with van der Waals surface area (Å²) >= 11 is 0. The van der Waals surface area contributed by atoms with Crippen LogP contribution < -0.4 is 0 Å². The van der Waals surface area contributed by atoms with Gasteiger partial charge in [0.15, 0.2) is 0 Å². The van der Waals surface area contributed by atoms with Crippen molar-refractivity contribution in [1.29, 1.82) is 0 Å². The third-order valence-electron chi connectivity index (χ3n) is 5.56. The van der Waals surface area contributed by atoms with Crippen molar-refractivity contribution in [3.05, 3.63) is 0 Å². The van der Waals surface area contributed by atoms with Crippen molar-refractivity contribution in [2.45, 2.75) is 53.4 Å². The molecule has 0 aliphatic heterocycles. The van der Waals surface area contributed by atoms with Gasteiger partial charge in [-0.15, -0.1) is 0 Å². The third kappa shape index (κ3) is 1.26. The maximum Gasteiger partial charge on any atom is 0.0602 e. The van der Waals surface area contributed by atoms with Crippen LogP contribution in [-0.2, 0) is 0 Å². The molecule has 0 unspecified atom stereocenters. The number of rotatable bonds is 2. The number of hydrogen-bond donors (Lipinski definition) is 1. The van der Waals surface area contributed by atoms with Gasteiger partial charge in [-0.05, 0) is 42.4 Å². The lowest BCUT2D eigenvalue weighted by atomic mass is 9.71. The molecule has 3 atom stereocenters. The van der Waals surface area contributed by atoms with Crippen LogP contribution in [0.5, 0.6) is 0 Å². The zero-order chi connectivity index (χ0) is 11.3. The molecule has 86 valence electrons. The van der Waals surface area contributed by atoms with Crippen molar-refractivity contribution < 1.29 is 5.21 Å². The summed E-state index contributed by atoms with van der Waals surface area (Å²) in [5.41, 5.74) is 1.91. The van der Waals surface area contributed by atoms with E-state index in [4.69, 9.17) is 5.21 Å². The first-order valence-corrected chi connectivity index (χ1v) is 6.17. The minimum absolute atomic E-state index is 0.419. The van der Waals surface area contributed by atoms with Gasteiger partial charge < -0.3 is 5.21 Å². The van der Waals surface area contributed by atoms with Crippen LogP contribution in [-0.4, -0.2) is 10.9 Å². The van der Waals surface area contributed by atoms with E-state index in [1.54, 1.807) is 0 Å². The Morgan fingerprint density at radius 3 is 2.40 bits per heavy atom. The lowest BCUT2D eigenvalue weighted by Gasteiger charge is -2.34. The lowest BCUT2D eigenvalue weighted by Crippen LogP contribution is -2.27. The average Bonchev–Trinajstić information content (AvgIpc) is 2.50. The number of oxime groups is 1.